The summed E-state index contributed by atoms with van der Waals surface area (Å²) in [6, 6.07) is 0. The molecule has 0 aromatic heterocycles. The van der Waals surface area contributed by atoms with E-state index in [1.807, 2.05) is 0 Å². The van der Waals surface area contributed by atoms with Crippen molar-refractivity contribution in [2.75, 3.05) is 26.4 Å². The lowest BCUT2D eigenvalue weighted by Crippen LogP contribution is -2.28. The largest absolute Gasteiger partial charge is 0.472 e. The second-order valence-electron chi connectivity index (χ2n) is 16.8. The average molecular weight is 849 g/mol. The van der Waals surface area contributed by atoms with Gasteiger partial charge in [-0.3, -0.25) is 18.6 Å². The van der Waals surface area contributed by atoms with Crippen molar-refractivity contribution in [2.24, 2.45) is 0 Å². The van der Waals surface area contributed by atoms with Gasteiger partial charge < -0.3 is 24.6 Å². The molecule has 10 nitrogen and oxygen atoms in total. The highest BCUT2D eigenvalue weighted by Gasteiger charge is 2.27. The minimum atomic E-state index is -4.63. The van der Waals surface area contributed by atoms with E-state index in [9.17, 15) is 29.3 Å². The normalized spacial score (nSPS) is 13.7. The quantitative estimate of drug-likeness (QED) is 0.0307. The van der Waals surface area contributed by atoms with Crippen LogP contribution in [0.2, 0.25) is 0 Å². The Kier molecular flexibility index (Phi) is 43.3. The summed E-state index contributed by atoms with van der Waals surface area (Å²) in [4.78, 5) is 34.5. The van der Waals surface area contributed by atoms with Gasteiger partial charge in [-0.1, -0.05) is 226 Å². The van der Waals surface area contributed by atoms with Gasteiger partial charge in [0.05, 0.1) is 26.4 Å². The van der Waals surface area contributed by atoms with E-state index in [-0.39, 0.29) is 12.8 Å². The first-order valence-corrected chi connectivity index (χ1v) is 26.0. The number of hydrogen-bond acceptors (Lipinski definition) is 9. The van der Waals surface area contributed by atoms with Gasteiger partial charge in [0.1, 0.15) is 12.2 Å². The van der Waals surface area contributed by atoms with Gasteiger partial charge in [-0.25, -0.2) is 4.57 Å². The molecule has 0 aliphatic rings. The number of ether oxygens (including phenoxy) is 2. The zero-order chi connectivity index (χ0) is 42.6. The second-order valence-corrected chi connectivity index (χ2v) is 18.3. The summed E-state index contributed by atoms with van der Waals surface area (Å²) in [5, 5.41) is 19.2. The van der Waals surface area contributed by atoms with Crippen LogP contribution in [0.5, 0.6) is 0 Å². The molecule has 0 heterocycles. The van der Waals surface area contributed by atoms with Gasteiger partial charge in [0.25, 0.3) is 0 Å². The molecule has 346 valence electrons. The van der Waals surface area contributed by atoms with Crippen LogP contribution in [0.3, 0.4) is 0 Å². The Balaban J connectivity index is 3.75. The second kappa shape index (κ2) is 44.0. The molecule has 0 fully saturated rings. The summed E-state index contributed by atoms with van der Waals surface area (Å²) >= 11 is 0. The first-order valence-electron chi connectivity index (χ1n) is 24.5. The van der Waals surface area contributed by atoms with Crippen LogP contribution in [0.15, 0.2) is 0 Å². The van der Waals surface area contributed by atoms with Crippen molar-refractivity contribution in [1.82, 2.24) is 0 Å². The Bertz CT molecular complexity index is 935. The number of aliphatic hydroxyl groups excluding tert-OH is 2. The molecule has 58 heavy (non-hydrogen) atoms. The van der Waals surface area contributed by atoms with Crippen LogP contribution in [0.4, 0.5) is 0 Å². The van der Waals surface area contributed by atoms with Crippen LogP contribution in [0, 0.1) is 0 Å². The van der Waals surface area contributed by atoms with Gasteiger partial charge in [-0.15, -0.1) is 0 Å². The van der Waals surface area contributed by atoms with Crippen molar-refractivity contribution in [3.05, 3.63) is 0 Å². The number of hydrogen-bond donors (Lipinski definition) is 3. The van der Waals surface area contributed by atoms with Crippen LogP contribution in [-0.2, 0) is 32.7 Å². The van der Waals surface area contributed by atoms with Crippen LogP contribution < -0.4 is 0 Å². The summed E-state index contributed by atoms with van der Waals surface area (Å²) in [7, 11) is -4.63. The van der Waals surface area contributed by atoms with Gasteiger partial charge in [-0.05, 0) is 12.8 Å². The minimum Gasteiger partial charge on any atom is -0.457 e. The first kappa shape index (κ1) is 57.0. The zero-order valence-electron chi connectivity index (χ0n) is 37.8. The number of unbranched alkanes of at least 4 members (excludes halogenated alkanes) is 33. The van der Waals surface area contributed by atoms with Crippen molar-refractivity contribution < 1.29 is 47.8 Å². The van der Waals surface area contributed by atoms with Crippen LogP contribution in [-0.4, -0.2) is 65.7 Å². The lowest BCUT2D eigenvalue weighted by molar-refractivity contribution is -0.153. The SMILES string of the molecule is CCCCCCCCCCCCCCCCCCCCCCCCCCC(=O)OC(CO)COP(=O)(O)OCC(CO)OC(=O)CCCCCCCCCCCCC. The molecule has 0 saturated carbocycles. The predicted octanol–water partition coefficient (Wildman–Crippen LogP) is 13.4. The molecule has 0 aliphatic heterocycles. The van der Waals surface area contributed by atoms with Gasteiger partial charge in [0.2, 0.25) is 0 Å². The minimum absolute atomic E-state index is 0.198. The van der Waals surface area contributed by atoms with Crippen molar-refractivity contribution in [3.63, 3.8) is 0 Å². The third-order valence-corrected chi connectivity index (χ3v) is 12.0. The monoisotopic (exact) mass is 849 g/mol. The van der Waals surface area contributed by atoms with Gasteiger partial charge >= 0.3 is 19.8 Å². The van der Waals surface area contributed by atoms with Gasteiger partial charge in [-0.2, -0.15) is 0 Å². The highest BCUT2D eigenvalue weighted by molar-refractivity contribution is 7.47. The molecule has 0 radical (unpaired) electrons. The smallest absolute Gasteiger partial charge is 0.457 e. The van der Waals surface area contributed by atoms with E-state index in [1.165, 1.54) is 173 Å². The summed E-state index contributed by atoms with van der Waals surface area (Å²) in [6.07, 6.45) is 42.4. The molecule has 0 saturated heterocycles. The van der Waals surface area contributed by atoms with Crippen LogP contribution in [0.25, 0.3) is 0 Å². The van der Waals surface area contributed by atoms with Crippen LogP contribution in [0.1, 0.15) is 251 Å². The number of carbonyl (C=O) groups is 2. The Morgan fingerprint density at radius 3 is 0.810 bits per heavy atom. The highest BCUT2D eigenvalue weighted by atomic mass is 31.2. The van der Waals surface area contributed by atoms with Crippen molar-refractivity contribution in [3.8, 4) is 0 Å². The topological polar surface area (TPSA) is 149 Å². The zero-order valence-corrected chi connectivity index (χ0v) is 38.7. The fourth-order valence-corrected chi connectivity index (χ4v) is 8.08. The summed E-state index contributed by atoms with van der Waals surface area (Å²) in [5.74, 6) is -1.00. The maximum atomic E-state index is 12.4. The molecule has 0 aromatic rings. The lowest BCUT2D eigenvalue weighted by atomic mass is 10.0. The van der Waals surface area contributed by atoms with Gasteiger partial charge in [0.15, 0.2) is 0 Å². The Hall–Kier alpha value is -1.03. The Morgan fingerprint density at radius 1 is 0.397 bits per heavy atom. The molecular weight excluding hydrogens is 755 g/mol. The average Bonchev–Trinajstić information content (AvgIpc) is 3.21. The standard InChI is InChI=1S/C47H93O10P/c1-3-5-7-9-11-13-15-16-17-18-19-20-21-22-23-24-25-26-27-29-31-33-35-37-39-47(51)57-45(41-49)43-55-58(52,53)54-42-44(40-48)56-46(50)38-36-34-32-30-28-14-12-10-8-6-4-2/h44-45,48-49H,3-43H2,1-2H3,(H,52,53). The molecule has 0 spiro atoms. The molecule has 3 unspecified atom stereocenters. The third-order valence-electron chi connectivity index (χ3n) is 11.1. The number of phosphoric ester groups is 1. The molecule has 0 bridgehead atoms. The molecular formula is C47H93O10P. The fourth-order valence-electron chi connectivity index (χ4n) is 7.29. The van der Waals surface area contributed by atoms with Crippen molar-refractivity contribution in [2.45, 2.75) is 264 Å². The first-order chi connectivity index (χ1) is 28.3. The summed E-state index contributed by atoms with van der Waals surface area (Å²) < 4.78 is 32.6. The van der Waals surface area contributed by atoms with Crippen molar-refractivity contribution in [1.29, 1.82) is 0 Å². The number of aliphatic hydroxyl groups is 2. The Morgan fingerprint density at radius 2 is 0.603 bits per heavy atom. The number of phosphoric acid groups is 1. The van der Waals surface area contributed by atoms with E-state index in [1.54, 1.807) is 0 Å². The fraction of sp³-hybridized carbons (Fsp3) is 0.957. The van der Waals surface area contributed by atoms with E-state index in [4.69, 9.17) is 18.5 Å². The van der Waals surface area contributed by atoms with Crippen molar-refractivity contribution >= 4 is 19.8 Å². The molecule has 0 amide bonds. The number of esters is 2. The third kappa shape index (κ3) is 41.7. The van der Waals surface area contributed by atoms with E-state index in [2.05, 4.69) is 13.8 Å². The molecule has 0 aromatic carbocycles. The van der Waals surface area contributed by atoms with E-state index >= 15 is 0 Å². The highest BCUT2D eigenvalue weighted by Crippen LogP contribution is 2.43. The van der Waals surface area contributed by atoms with E-state index < -0.39 is 58.4 Å². The maximum Gasteiger partial charge on any atom is 0.472 e. The Labute approximate surface area is 356 Å². The molecule has 11 heteroatoms. The van der Waals surface area contributed by atoms with E-state index in [0.717, 1.165) is 38.5 Å². The number of carbonyl (C=O) groups excluding carboxylic acids is 2. The predicted molar refractivity (Wildman–Crippen MR) is 238 cm³/mol. The van der Waals surface area contributed by atoms with Gasteiger partial charge in [0, 0.05) is 12.8 Å². The van der Waals surface area contributed by atoms with E-state index in [0.29, 0.717) is 12.8 Å². The summed E-state index contributed by atoms with van der Waals surface area (Å²) in [6.45, 7) is 2.25. The molecule has 0 rings (SSSR count). The maximum absolute atomic E-state index is 12.4. The molecule has 3 N–H and O–H groups in total. The molecule has 0 aliphatic carbocycles. The summed E-state index contributed by atoms with van der Waals surface area (Å²) in [5.41, 5.74) is 0. The van der Waals surface area contributed by atoms with Crippen LogP contribution >= 0.6 is 7.82 Å². The number of rotatable bonds is 47. The lowest BCUT2D eigenvalue weighted by Gasteiger charge is -2.20. The molecule has 3 atom stereocenters.